The van der Waals surface area contributed by atoms with E-state index >= 15 is 0 Å². The van der Waals surface area contributed by atoms with E-state index in [0.29, 0.717) is 11.0 Å². The van der Waals surface area contributed by atoms with Crippen molar-refractivity contribution in [2.45, 2.75) is 0 Å². The smallest absolute Gasteiger partial charge is 0.188 e. The summed E-state index contributed by atoms with van der Waals surface area (Å²) in [6.45, 7) is -2.31. The molecule has 56 valence electrons. The number of hydrogen-bond acceptors (Lipinski definition) is 1. The van der Waals surface area contributed by atoms with Gasteiger partial charge in [0.05, 0.1) is 30.5 Å². The molecular formula is C6H15FNO+. The molecule has 3 heteroatoms. The quantitative estimate of drug-likeness (QED) is 0.518. The minimum atomic E-state index is -2.99. The van der Waals surface area contributed by atoms with Gasteiger partial charge in [-0.3, -0.25) is 0 Å². The van der Waals surface area contributed by atoms with Crippen molar-refractivity contribution in [2.24, 2.45) is 0 Å². The lowest BCUT2D eigenvalue weighted by molar-refractivity contribution is -0.870. The lowest BCUT2D eigenvalue weighted by atomic mass is 10.5. The largest absolute Gasteiger partial charge is 0.345 e. The van der Waals surface area contributed by atoms with E-state index in [1.807, 2.05) is 21.1 Å². The second-order valence-electron chi connectivity index (χ2n) is 2.94. The molecular weight excluding hydrogens is 121 g/mol. The van der Waals surface area contributed by atoms with Crippen LogP contribution >= 0.6 is 0 Å². The monoisotopic (exact) mass is 138 g/mol. The van der Waals surface area contributed by atoms with E-state index in [4.69, 9.17) is 2.74 Å². The van der Waals surface area contributed by atoms with Gasteiger partial charge in [0.25, 0.3) is 0 Å². The van der Waals surface area contributed by atoms with Crippen LogP contribution < -0.4 is 0 Å². The zero-order valence-electron chi connectivity index (χ0n) is 8.15. The Bertz CT molecular complexity index is 105. The fourth-order valence-corrected chi connectivity index (χ4v) is 0.358. The third-order valence-electron chi connectivity index (χ3n) is 0.919. The van der Waals surface area contributed by atoms with Crippen molar-refractivity contribution < 1.29 is 16.4 Å². The normalized spacial score (nSPS) is 16.9. The molecule has 0 saturated carbocycles. The minimum Gasteiger partial charge on any atom is -0.345 e. The standard InChI is InChI=1S/C6H15FNO/c1-8(2,3)4-5-9-6-7/h4-6H2,1-3H3/q+1/i6D2. The number of ether oxygens (including phenoxy) is 1. The first kappa shape index (κ1) is 5.62. The van der Waals surface area contributed by atoms with Crippen LogP contribution in [0.2, 0.25) is 0 Å². The molecule has 0 aliphatic heterocycles. The van der Waals surface area contributed by atoms with Crippen molar-refractivity contribution in [3.8, 4) is 0 Å². The summed E-state index contributed by atoms with van der Waals surface area (Å²) in [6.07, 6.45) is 0. The molecule has 0 aliphatic rings. The molecule has 0 aliphatic carbocycles. The van der Waals surface area contributed by atoms with E-state index in [1.54, 1.807) is 0 Å². The number of nitrogens with zero attached hydrogens (tertiary/aromatic N) is 1. The van der Waals surface area contributed by atoms with E-state index in [-0.39, 0.29) is 6.61 Å². The topological polar surface area (TPSA) is 9.23 Å². The Morgan fingerprint density at radius 1 is 1.56 bits per heavy atom. The van der Waals surface area contributed by atoms with Crippen molar-refractivity contribution in [1.82, 2.24) is 0 Å². The molecule has 2 nitrogen and oxygen atoms in total. The number of hydrogen-bond donors (Lipinski definition) is 0. The number of halogens is 1. The Morgan fingerprint density at radius 3 is 2.44 bits per heavy atom. The van der Waals surface area contributed by atoms with Crippen molar-refractivity contribution in [2.75, 3.05) is 41.1 Å². The van der Waals surface area contributed by atoms with Gasteiger partial charge in [-0.2, -0.15) is 0 Å². The lowest BCUT2D eigenvalue weighted by Crippen LogP contribution is -2.37. The second-order valence-corrected chi connectivity index (χ2v) is 2.94. The first-order valence-electron chi connectivity index (χ1n) is 3.84. The van der Waals surface area contributed by atoms with Gasteiger partial charge in [0, 0.05) is 0 Å². The Hall–Kier alpha value is -0.150. The average Bonchev–Trinajstić information content (AvgIpc) is 1.55. The fourth-order valence-electron chi connectivity index (χ4n) is 0.358. The molecule has 0 bridgehead atoms. The van der Waals surface area contributed by atoms with Gasteiger partial charge in [-0.25, -0.2) is 4.39 Å². The zero-order chi connectivity index (χ0) is 9.12. The van der Waals surface area contributed by atoms with Gasteiger partial charge in [0.15, 0.2) is 6.81 Å². The van der Waals surface area contributed by atoms with E-state index in [9.17, 15) is 4.39 Å². The van der Waals surface area contributed by atoms with Gasteiger partial charge >= 0.3 is 0 Å². The van der Waals surface area contributed by atoms with Crippen LogP contribution in [0.1, 0.15) is 2.74 Å². The summed E-state index contributed by atoms with van der Waals surface area (Å²) in [6, 6.07) is 0. The second kappa shape index (κ2) is 3.80. The first-order valence-corrected chi connectivity index (χ1v) is 2.84. The van der Waals surface area contributed by atoms with Crippen molar-refractivity contribution >= 4 is 0 Å². The molecule has 0 fully saturated rings. The number of alkyl halides is 1. The van der Waals surface area contributed by atoms with Crippen LogP contribution in [0, 0.1) is 0 Å². The number of rotatable bonds is 4. The van der Waals surface area contributed by atoms with Gasteiger partial charge in [-0.1, -0.05) is 0 Å². The van der Waals surface area contributed by atoms with Crippen molar-refractivity contribution in [3.05, 3.63) is 0 Å². The summed E-state index contributed by atoms with van der Waals surface area (Å²) in [7, 11) is 5.78. The Balaban J connectivity index is 3.44. The SMILES string of the molecule is [2H]C([2H])(F)OCC[N+](C)(C)C. The summed E-state index contributed by atoms with van der Waals surface area (Å²) in [5.41, 5.74) is 0. The molecule has 0 heterocycles. The van der Waals surface area contributed by atoms with Gasteiger partial charge in [0.1, 0.15) is 6.54 Å². The van der Waals surface area contributed by atoms with Crippen LogP contribution in [0.5, 0.6) is 0 Å². The van der Waals surface area contributed by atoms with E-state index in [0.717, 1.165) is 0 Å². The predicted octanol–water partition coefficient (Wildman–Crippen LogP) is 0.636. The van der Waals surface area contributed by atoms with Crippen LogP contribution in [-0.2, 0) is 4.74 Å². The van der Waals surface area contributed by atoms with Crippen molar-refractivity contribution in [3.63, 3.8) is 0 Å². The van der Waals surface area contributed by atoms with Gasteiger partial charge in [0.2, 0.25) is 0 Å². The highest BCUT2D eigenvalue weighted by Crippen LogP contribution is 1.88. The van der Waals surface area contributed by atoms with Gasteiger partial charge < -0.3 is 9.22 Å². The Morgan fingerprint density at radius 2 is 2.11 bits per heavy atom. The van der Waals surface area contributed by atoms with Crippen LogP contribution in [0.25, 0.3) is 0 Å². The fraction of sp³-hybridized carbons (Fsp3) is 1.00. The predicted molar refractivity (Wildman–Crippen MR) is 34.8 cm³/mol. The summed E-state index contributed by atoms with van der Waals surface area (Å²) in [5.74, 6) is 0. The minimum absolute atomic E-state index is 0.0903. The average molecular weight is 138 g/mol. The number of likely N-dealkylation sites (N-methyl/N-ethyl adjacent to an activating group) is 1. The molecule has 0 spiro atoms. The zero-order valence-corrected chi connectivity index (χ0v) is 6.15. The molecule has 0 aromatic heterocycles. The maximum atomic E-state index is 12.1. The highest BCUT2D eigenvalue weighted by atomic mass is 19.1. The molecule has 0 N–H and O–H groups in total. The van der Waals surface area contributed by atoms with Gasteiger partial charge in [-0.05, 0) is 0 Å². The van der Waals surface area contributed by atoms with Crippen molar-refractivity contribution in [1.29, 1.82) is 0 Å². The highest BCUT2D eigenvalue weighted by molar-refractivity contribution is 4.23. The molecule has 9 heavy (non-hydrogen) atoms. The Labute approximate surface area is 58.6 Å². The molecule has 0 rings (SSSR count). The third kappa shape index (κ3) is 7.85. The van der Waals surface area contributed by atoms with Crippen LogP contribution in [0.3, 0.4) is 0 Å². The summed E-state index contributed by atoms with van der Waals surface area (Å²) >= 11 is 0. The lowest BCUT2D eigenvalue weighted by Gasteiger charge is -2.22. The molecule has 0 aromatic carbocycles. The maximum Gasteiger partial charge on any atom is 0.188 e. The van der Waals surface area contributed by atoms with Crippen LogP contribution in [0.4, 0.5) is 4.39 Å². The molecule has 0 saturated heterocycles. The van der Waals surface area contributed by atoms with E-state index in [1.165, 1.54) is 0 Å². The molecule has 0 radical (unpaired) electrons. The van der Waals surface area contributed by atoms with Crippen LogP contribution in [-0.4, -0.2) is 45.6 Å². The highest BCUT2D eigenvalue weighted by Gasteiger charge is 2.04. The summed E-state index contributed by atoms with van der Waals surface area (Å²) < 4.78 is 29.8. The first-order chi connectivity index (χ1) is 4.71. The maximum absolute atomic E-state index is 12.1. The summed E-state index contributed by atoms with van der Waals surface area (Å²) in [5, 5.41) is 0. The summed E-state index contributed by atoms with van der Waals surface area (Å²) in [4.78, 5) is 0. The molecule has 0 amide bonds. The van der Waals surface area contributed by atoms with Gasteiger partial charge in [-0.15, -0.1) is 0 Å². The molecule has 0 unspecified atom stereocenters. The number of quaternary nitrogens is 1. The van der Waals surface area contributed by atoms with E-state index < -0.39 is 6.81 Å². The molecule has 0 aromatic rings. The Kier molecular flexibility index (Phi) is 2.37. The van der Waals surface area contributed by atoms with Crippen LogP contribution in [0.15, 0.2) is 0 Å². The third-order valence-corrected chi connectivity index (χ3v) is 0.919. The molecule has 0 atom stereocenters. The van der Waals surface area contributed by atoms with E-state index in [2.05, 4.69) is 4.74 Å².